The molecule has 0 aliphatic heterocycles. The smallest absolute Gasteiger partial charge is 0.232 e. The van der Waals surface area contributed by atoms with Crippen LogP contribution in [0.2, 0.25) is 0 Å². The number of nitrogens with zero attached hydrogens (tertiary/aromatic N) is 5. The summed E-state index contributed by atoms with van der Waals surface area (Å²) in [5, 5.41) is 10.4. The Bertz CT molecular complexity index is 1880. The van der Waals surface area contributed by atoms with Gasteiger partial charge in [0.1, 0.15) is 23.9 Å². The van der Waals surface area contributed by atoms with Crippen LogP contribution in [0.15, 0.2) is 73.1 Å². The molecule has 0 saturated carbocycles. The van der Waals surface area contributed by atoms with Crippen LogP contribution in [0.1, 0.15) is 49.7 Å². The highest BCUT2D eigenvalue weighted by atomic mass is 16.5. The topological polar surface area (TPSA) is 101 Å². The van der Waals surface area contributed by atoms with Gasteiger partial charge in [-0.3, -0.25) is 14.6 Å². The number of benzene rings is 2. The second kappa shape index (κ2) is 11.7. The van der Waals surface area contributed by atoms with Gasteiger partial charge in [-0.25, -0.2) is 4.98 Å². The van der Waals surface area contributed by atoms with Crippen molar-refractivity contribution in [3.05, 3.63) is 118 Å². The number of hydrogen-bond donors (Lipinski definition) is 0. The van der Waals surface area contributed by atoms with E-state index in [0.29, 0.717) is 23.7 Å². The molecule has 0 radical (unpaired) electrons. The summed E-state index contributed by atoms with van der Waals surface area (Å²) in [5.41, 5.74) is 7.13. The van der Waals surface area contributed by atoms with E-state index in [2.05, 4.69) is 9.97 Å². The van der Waals surface area contributed by atoms with E-state index in [1.54, 1.807) is 35.7 Å². The molecule has 0 aliphatic carbocycles. The Balaban J connectivity index is 1.35. The zero-order chi connectivity index (χ0) is 30.0. The van der Waals surface area contributed by atoms with Crippen LogP contribution in [0.4, 0.5) is 5.69 Å². The van der Waals surface area contributed by atoms with Gasteiger partial charge in [0.15, 0.2) is 0 Å². The maximum absolute atomic E-state index is 13.5. The third-order valence-corrected chi connectivity index (χ3v) is 7.71. The fraction of sp³-hybridized carbons (Fsp3) is 0.206. The van der Waals surface area contributed by atoms with Crippen LogP contribution in [0.5, 0.6) is 5.75 Å². The molecule has 0 N–H and O–H groups in total. The van der Waals surface area contributed by atoms with Gasteiger partial charge in [0, 0.05) is 49.0 Å². The number of ether oxygens (including phenoxy) is 1. The molecule has 0 spiro atoms. The first-order chi connectivity index (χ1) is 20.2. The molecule has 0 atom stereocenters. The highest BCUT2D eigenvalue weighted by molar-refractivity contribution is 6.09. The van der Waals surface area contributed by atoms with Crippen LogP contribution in [-0.2, 0) is 24.9 Å². The average Bonchev–Trinajstić information content (AvgIpc) is 3.35. The monoisotopic (exact) mass is 557 g/mol. The molecular weight excluding hydrogens is 526 g/mol. The van der Waals surface area contributed by atoms with Crippen LogP contribution >= 0.6 is 0 Å². The number of carbonyl (C=O) groups is 2. The van der Waals surface area contributed by atoms with Crippen molar-refractivity contribution in [2.45, 2.75) is 33.8 Å². The number of carbonyl (C=O) groups excluding carboxylic acids is 2. The molecule has 8 heteroatoms. The lowest BCUT2D eigenvalue weighted by Gasteiger charge is -2.23. The summed E-state index contributed by atoms with van der Waals surface area (Å²) in [5.74, 6) is 0.277. The number of amides is 1. The van der Waals surface area contributed by atoms with Crippen molar-refractivity contribution >= 4 is 28.3 Å². The molecule has 2 aromatic carbocycles. The number of nitriles is 1. The van der Waals surface area contributed by atoms with Gasteiger partial charge in [0.2, 0.25) is 11.7 Å². The Hall–Kier alpha value is -5.29. The average molecular weight is 558 g/mol. The molecule has 0 aliphatic rings. The van der Waals surface area contributed by atoms with Gasteiger partial charge in [-0.2, -0.15) is 5.26 Å². The molecule has 5 rings (SSSR count). The quantitative estimate of drug-likeness (QED) is 0.224. The SMILES string of the molecule is Cc1ccc2cccc(OCc3c(C)ccc(N(C)C(=O)Cc4ccc(C(=O)c5cnccc5C#N)n4C)c3C)c2n1. The molecule has 5 aromatic rings. The van der Waals surface area contributed by atoms with Gasteiger partial charge in [-0.1, -0.05) is 24.3 Å². The summed E-state index contributed by atoms with van der Waals surface area (Å²) < 4.78 is 7.98. The Labute approximate surface area is 244 Å². The van der Waals surface area contributed by atoms with Gasteiger partial charge in [-0.15, -0.1) is 0 Å². The first-order valence-corrected chi connectivity index (χ1v) is 13.6. The summed E-state index contributed by atoms with van der Waals surface area (Å²) in [6.07, 6.45) is 2.97. The normalized spacial score (nSPS) is 10.9. The number of aromatic nitrogens is 3. The molecule has 0 saturated heterocycles. The minimum Gasteiger partial charge on any atom is -0.487 e. The molecular formula is C34H31N5O3. The van der Waals surface area contributed by atoms with Crippen LogP contribution in [0.25, 0.3) is 10.9 Å². The van der Waals surface area contributed by atoms with Gasteiger partial charge in [0.25, 0.3) is 0 Å². The Morgan fingerprint density at radius 3 is 2.62 bits per heavy atom. The van der Waals surface area contributed by atoms with E-state index >= 15 is 0 Å². The predicted molar refractivity (Wildman–Crippen MR) is 162 cm³/mol. The third kappa shape index (κ3) is 5.37. The molecule has 3 heterocycles. The molecule has 42 heavy (non-hydrogen) atoms. The van der Waals surface area contributed by atoms with Crippen molar-refractivity contribution in [2.75, 3.05) is 11.9 Å². The molecule has 8 nitrogen and oxygen atoms in total. The summed E-state index contributed by atoms with van der Waals surface area (Å²) in [4.78, 5) is 36.9. The van der Waals surface area contributed by atoms with Crippen LogP contribution < -0.4 is 9.64 Å². The largest absolute Gasteiger partial charge is 0.487 e. The fourth-order valence-electron chi connectivity index (χ4n) is 5.13. The lowest BCUT2D eigenvalue weighted by atomic mass is 10.0. The van der Waals surface area contributed by atoms with Crippen molar-refractivity contribution in [1.82, 2.24) is 14.5 Å². The van der Waals surface area contributed by atoms with Crippen molar-refractivity contribution in [1.29, 1.82) is 5.26 Å². The molecule has 3 aromatic heterocycles. The van der Waals surface area contributed by atoms with Crippen LogP contribution in [0.3, 0.4) is 0 Å². The van der Waals surface area contributed by atoms with Crippen LogP contribution in [-0.4, -0.2) is 33.3 Å². The lowest BCUT2D eigenvalue weighted by molar-refractivity contribution is -0.117. The van der Waals surface area contributed by atoms with Gasteiger partial charge in [-0.05, 0) is 73.9 Å². The van der Waals surface area contributed by atoms with Crippen molar-refractivity contribution in [3.63, 3.8) is 0 Å². The number of fused-ring (bicyclic) bond motifs is 1. The number of anilines is 1. The van der Waals surface area contributed by atoms with Crippen molar-refractivity contribution in [2.24, 2.45) is 7.05 Å². The molecule has 210 valence electrons. The maximum Gasteiger partial charge on any atom is 0.232 e. The zero-order valence-corrected chi connectivity index (χ0v) is 24.3. The van der Waals surface area contributed by atoms with Crippen LogP contribution in [0, 0.1) is 32.1 Å². The predicted octanol–water partition coefficient (Wildman–Crippen LogP) is 5.78. The summed E-state index contributed by atoms with van der Waals surface area (Å²) in [6, 6.07) is 20.8. The number of hydrogen-bond acceptors (Lipinski definition) is 6. The number of aryl methyl sites for hydroxylation is 2. The van der Waals surface area contributed by atoms with Gasteiger partial charge >= 0.3 is 0 Å². The first-order valence-electron chi connectivity index (χ1n) is 13.6. The summed E-state index contributed by atoms with van der Waals surface area (Å²) in [7, 11) is 3.50. The maximum atomic E-state index is 13.5. The second-order valence-corrected chi connectivity index (χ2v) is 10.3. The molecule has 0 unspecified atom stereocenters. The third-order valence-electron chi connectivity index (χ3n) is 7.71. The van der Waals surface area contributed by atoms with Gasteiger partial charge in [0.05, 0.1) is 23.2 Å². The van der Waals surface area contributed by atoms with E-state index in [-0.39, 0.29) is 29.2 Å². The number of ketones is 1. The van der Waals surface area contributed by atoms with E-state index in [0.717, 1.165) is 39.0 Å². The molecule has 0 fully saturated rings. The number of para-hydroxylation sites is 1. The summed E-state index contributed by atoms with van der Waals surface area (Å²) in [6.45, 7) is 6.33. The van der Waals surface area contributed by atoms with Crippen molar-refractivity contribution < 1.29 is 14.3 Å². The Kier molecular flexibility index (Phi) is 7.85. The molecule has 1 amide bonds. The van der Waals surface area contributed by atoms with E-state index in [4.69, 9.17) is 4.74 Å². The minimum atomic E-state index is -0.315. The van der Waals surface area contributed by atoms with E-state index in [9.17, 15) is 14.9 Å². The Morgan fingerprint density at radius 1 is 1.02 bits per heavy atom. The van der Waals surface area contributed by atoms with E-state index in [1.165, 1.54) is 18.5 Å². The van der Waals surface area contributed by atoms with Gasteiger partial charge < -0.3 is 14.2 Å². The van der Waals surface area contributed by atoms with E-state index < -0.39 is 0 Å². The Morgan fingerprint density at radius 2 is 1.83 bits per heavy atom. The lowest BCUT2D eigenvalue weighted by Crippen LogP contribution is -2.29. The number of pyridine rings is 2. The first kappa shape index (κ1) is 28.2. The van der Waals surface area contributed by atoms with Crippen molar-refractivity contribution in [3.8, 4) is 11.8 Å². The minimum absolute atomic E-state index is 0.0958. The molecule has 0 bridgehead atoms. The highest BCUT2D eigenvalue weighted by Gasteiger charge is 2.22. The number of likely N-dealkylation sites (N-methyl/N-ethyl adjacent to an activating group) is 1. The zero-order valence-electron chi connectivity index (χ0n) is 24.3. The summed E-state index contributed by atoms with van der Waals surface area (Å²) >= 11 is 0. The second-order valence-electron chi connectivity index (χ2n) is 10.3. The van der Waals surface area contributed by atoms with E-state index in [1.807, 2.05) is 69.3 Å². The fourth-order valence-corrected chi connectivity index (χ4v) is 5.13. The standard InChI is InChI=1S/C34H31N5O3/c1-21-9-13-29(23(3)28(21)20-42-31-8-6-7-24-11-10-22(2)37-33(24)31)39(5)32(40)17-26-12-14-30(38(26)4)34(41)27-19-36-16-15-25(27)18-35/h6-16,19H,17,20H2,1-5H3. The highest BCUT2D eigenvalue weighted by Crippen LogP contribution is 2.29. The number of rotatable bonds is 8.